The smallest absolute Gasteiger partial charge is 0.202 e. The molecule has 0 aliphatic carbocycles. The largest absolute Gasteiger partial charge is 0.369 e. The molecule has 0 bridgehead atoms. The van der Waals surface area contributed by atoms with E-state index in [0.717, 1.165) is 16.9 Å². The van der Waals surface area contributed by atoms with E-state index in [9.17, 15) is 0 Å². The molecule has 2 N–H and O–H groups in total. The first-order valence-corrected chi connectivity index (χ1v) is 5.50. The number of fused-ring (bicyclic) bond motifs is 1. The number of hydrogen-bond acceptors (Lipinski definition) is 4. The lowest BCUT2D eigenvalue weighted by Crippen LogP contribution is -2.06. The molecule has 0 aliphatic rings. The van der Waals surface area contributed by atoms with E-state index < -0.39 is 0 Å². The van der Waals surface area contributed by atoms with Gasteiger partial charge in [0.15, 0.2) is 5.65 Å². The van der Waals surface area contributed by atoms with Crippen LogP contribution in [-0.2, 0) is 0 Å². The van der Waals surface area contributed by atoms with Gasteiger partial charge in [0, 0.05) is 6.04 Å². The highest BCUT2D eigenvalue weighted by Gasteiger charge is 2.17. The second kappa shape index (κ2) is 3.73. The number of rotatable bonds is 2. The summed E-state index contributed by atoms with van der Waals surface area (Å²) in [7, 11) is 0. The molecule has 5 nitrogen and oxygen atoms in total. The van der Waals surface area contributed by atoms with Crippen molar-refractivity contribution < 1.29 is 0 Å². The summed E-state index contributed by atoms with van der Waals surface area (Å²) in [5.74, 6) is 0.827. The molecule has 5 heteroatoms. The fraction of sp³-hybridized carbons (Fsp3) is 0.545. The zero-order chi connectivity index (χ0) is 11.9. The van der Waals surface area contributed by atoms with Crippen LogP contribution in [0.1, 0.15) is 45.3 Å². The Morgan fingerprint density at radius 3 is 2.44 bits per heavy atom. The third-order valence-corrected chi connectivity index (χ3v) is 2.60. The van der Waals surface area contributed by atoms with Gasteiger partial charge < -0.3 is 5.73 Å². The molecular weight excluding hydrogens is 202 g/mol. The first-order chi connectivity index (χ1) is 7.52. The maximum Gasteiger partial charge on any atom is 0.202 e. The van der Waals surface area contributed by atoms with Gasteiger partial charge in [-0.05, 0) is 19.8 Å². The van der Waals surface area contributed by atoms with Gasteiger partial charge in [-0.3, -0.25) is 4.57 Å². The van der Waals surface area contributed by atoms with Gasteiger partial charge in [-0.1, -0.05) is 13.8 Å². The first-order valence-electron chi connectivity index (χ1n) is 5.50. The van der Waals surface area contributed by atoms with E-state index in [-0.39, 0.29) is 6.04 Å². The molecule has 2 aromatic heterocycles. The van der Waals surface area contributed by atoms with Crippen LogP contribution in [0.4, 0.5) is 5.95 Å². The van der Waals surface area contributed by atoms with Crippen molar-refractivity contribution in [2.24, 2.45) is 0 Å². The number of imidazole rings is 1. The van der Waals surface area contributed by atoms with Crippen LogP contribution >= 0.6 is 0 Å². The number of aromatic nitrogens is 4. The summed E-state index contributed by atoms with van der Waals surface area (Å²) in [5.41, 5.74) is 8.51. The Kier molecular flexibility index (Phi) is 2.53. The van der Waals surface area contributed by atoms with Crippen molar-refractivity contribution in [3.05, 3.63) is 12.0 Å². The Morgan fingerprint density at radius 2 is 1.88 bits per heavy atom. The van der Waals surface area contributed by atoms with Crippen molar-refractivity contribution in [3.8, 4) is 0 Å². The molecular formula is C11H17N5. The number of hydrogen-bond donors (Lipinski definition) is 1. The maximum atomic E-state index is 5.91. The average Bonchev–Trinajstić information content (AvgIpc) is 2.52. The molecule has 2 aromatic rings. The Hall–Kier alpha value is -1.65. The second-order valence-corrected chi connectivity index (χ2v) is 4.52. The van der Waals surface area contributed by atoms with Gasteiger partial charge in [0.25, 0.3) is 0 Å². The molecule has 2 heterocycles. The maximum absolute atomic E-state index is 5.91. The van der Waals surface area contributed by atoms with E-state index in [2.05, 4.69) is 42.6 Å². The minimum atomic E-state index is 0.250. The van der Waals surface area contributed by atoms with E-state index in [1.165, 1.54) is 0 Å². The molecule has 0 radical (unpaired) electrons. The fourth-order valence-electron chi connectivity index (χ4n) is 1.87. The van der Waals surface area contributed by atoms with Gasteiger partial charge in [0.1, 0.15) is 11.8 Å². The van der Waals surface area contributed by atoms with E-state index in [1.807, 2.05) is 4.57 Å². The van der Waals surface area contributed by atoms with E-state index >= 15 is 0 Å². The highest BCUT2D eigenvalue weighted by molar-refractivity contribution is 5.77. The van der Waals surface area contributed by atoms with E-state index in [1.54, 1.807) is 6.33 Å². The molecule has 0 saturated heterocycles. The topological polar surface area (TPSA) is 69.6 Å². The lowest BCUT2D eigenvalue weighted by Gasteiger charge is -2.09. The summed E-state index contributed by atoms with van der Waals surface area (Å²) < 4.78 is 1.93. The second-order valence-electron chi connectivity index (χ2n) is 4.52. The van der Waals surface area contributed by atoms with Crippen LogP contribution in [-0.4, -0.2) is 19.5 Å². The number of anilines is 1. The van der Waals surface area contributed by atoms with Gasteiger partial charge in [-0.15, -0.1) is 0 Å². The standard InChI is InChI=1S/C11H17N5/c1-6(2)8-9-10(14-5-13-8)16(7(3)4)11(12)15-9/h5-7H,1-4H3,(H2,12,15). The molecule has 0 aromatic carbocycles. The number of nitrogens with two attached hydrogens (primary N) is 1. The van der Waals surface area contributed by atoms with Crippen molar-refractivity contribution >= 4 is 17.1 Å². The average molecular weight is 219 g/mol. The lowest BCUT2D eigenvalue weighted by molar-refractivity contribution is 0.621. The predicted octanol–water partition coefficient (Wildman–Crippen LogP) is 2.11. The SMILES string of the molecule is CC(C)c1ncnc2c1nc(N)n2C(C)C. The van der Waals surface area contributed by atoms with Crippen molar-refractivity contribution in [2.45, 2.75) is 39.7 Å². The van der Waals surface area contributed by atoms with Gasteiger partial charge in [-0.25, -0.2) is 15.0 Å². The van der Waals surface area contributed by atoms with Crippen LogP contribution in [0.25, 0.3) is 11.2 Å². The van der Waals surface area contributed by atoms with Gasteiger partial charge in [-0.2, -0.15) is 0 Å². The van der Waals surface area contributed by atoms with Gasteiger partial charge in [0.05, 0.1) is 5.69 Å². The molecule has 86 valence electrons. The van der Waals surface area contributed by atoms with Crippen molar-refractivity contribution in [2.75, 3.05) is 5.73 Å². The van der Waals surface area contributed by atoms with Crippen LogP contribution in [0.3, 0.4) is 0 Å². The van der Waals surface area contributed by atoms with Crippen LogP contribution in [0.2, 0.25) is 0 Å². The Bertz CT molecular complexity index is 512. The molecule has 0 amide bonds. The van der Waals surface area contributed by atoms with E-state index in [0.29, 0.717) is 11.9 Å². The summed E-state index contributed by atoms with van der Waals surface area (Å²) >= 11 is 0. The number of nitrogen functional groups attached to an aromatic ring is 1. The predicted molar refractivity (Wildman–Crippen MR) is 64.2 cm³/mol. The van der Waals surface area contributed by atoms with E-state index in [4.69, 9.17) is 5.73 Å². The fourth-order valence-corrected chi connectivity index (χ4v) is 1.87. The molecule has 0 spiro atoms. The summed E-state index contributed by atoms with van der Waals surface area (Å²) in [6, 6.07) is 0.250. The molecule has 0 aliphatic heterocycles. The molecule has 0 unspecified atom stereocenters. The summed E-state index contributed by atoms with van der Waals surface area (Å²) in [5, 5.41) is 0. The van der Waals surface area contributed by atoms with Gasteiger partial charge >= 0.3 is 0 Å². The first kappa shape index (κ1) is 10.9. The molecule has 0 fully saturated rings. The minimum Gasteiger partial charge on any atom is -0.369 e. The minimum absolute atomic E-state index is 0.250. The number of nitrogens with zero attached hydrogens (tertiary/aromatic N) is 4. The van der Waals surface area contributed by atoms with Crippen LogP contribution < -0.4 is 5.73 Å². The summed E-state index contributed by atoms with van der Waals surface area (Å²) in [6.07, 6.45) is 1.58. The van der Waals surface area contributed by atoms with Crippen LogP contribution in [0, 0.1) is 0 Å². The highest BCUT2D eigenvalue weighted by atomic mass is 15.2. The van der Waals surface area contributed by atoms with Crippen LogP contribution in [0.15, 0.2) is 6.33 Å². The Balaban J connectivity index is 2.78. The monoisotopic (exact) mass is 219 g/mol. The third-order valence-electron chi connectivity index (χ3n) is 2.60. The van der Waals surface area contributed by atoms with Crippen LogP contribution in [0.5, 0.6) is 0 Å². The zero-order valence-corrected chi connectivity index (χ0v) is 10.1. The van der Waals surface area contributed by atoms with Crippen molar-refractivity contribution in [1.29, 1.82) is 0 Å². The van der Waals surface area contributed by atoms with Gasteiger partial charge in [0.2, 0.25) is 5.95 Å². The lowest BCUT2D eigenvalue weighted by atomic mass is 10.1. The highest BCUT2D eigenvalue weighted by Crippen LogP contribution is 2.25. The molecule has 0 atom stereocenters. The quantitative estimate of drug-likeness (QED) is 0.839. The normalized spacial score (nSPS) is 11.9. The summed E-state index contributed by atoms with van der Waals surface area (Å²) in [6.45, 7) is 8.31. The molecule has 2 rings (SSSR count). The summed E-state index contributed by atoms with van der Waals surface area (Å²) in [4.78, 5) is 12.9. The Morgan fingerprint density at radius 1 is 1.19 bits per heavy atom. The van der Waals surface area contributed by atoms with Crippen molar-refractivity contribution in [3.63, 3.8) is 0 Å². The molecule has 0 saturated carbocycles. The van der Waals surface area contributed by atoms with Crippen molar-refractivity contribution in [1.82, 2.24) is 19.5 Å². The zero-order valence-electron chi connectivity index (χ0n) is 10.1. The third kappa shape index (κ3) is 1.52. The Labute approximate surface area is 94.7 Å². The molecule has 16 heavy (non-hydrogen) atoms.